The van der Waals surface area contributed by atoms with Crippen LogP contribution >= 0.6 is 0 Å². The Morgan fingerprint density at radius 1 is 1.22 bits per heavy atom. The number of benzene rings is 1. The van der Waals surface area contributed by atoms with Gasteiger partial charge in [0.05, 0.1) is 6.61 Å². The highest BCUT2D eigenvalue weighted by Crippen LogP contribution is 2.30. The largest absolute Gasteiger partial charge is 0.493 e. The topological polar surface area (TPSA) is 21.3 Å². The van der Waals surface area contributed by atoms with Crippen molar-refractivity contribution in [2.45, 2.75) is 39.0 Å². The molecule has 0 bridgehead atoms. The molecule has 0 atom stereocenters. The summed E-state index contributed by atoms with van der Waals surface area (Å²) < 4.78 is 5.98. The summed E-state index contributed by atoms with van der Waals surface area (Å²) in [5.74, 6) is 2.75. The maximum Gasteiger partial charge on any atom is 0.119 e. The van der Waals surface area contributed by atoms with Gasteiger partial charge in [0.25, 0.3) is 0 Å². The summed E-state index contributed by atoms with van der Waals surface area (Å²) in [6, 6.07) is 6.46. The van der Waals surface area contributed by atoms with Crippen LogP contribution in [0.25, 0.3) is 0 Å². The molecule has 0 radical (unpaired) electrons. The Hall–Kier alpha value is -1.18. The van der Waals surface area contributed by atoms with Gasteiger partial charge >= 0.3 is 0 Å². The van der Waals surface area contributed by atoms with Crippen molar-refractivity contribution in [1.82, 2.24) is 0 Å². The minimum absolute atomic E-state index is 0.771. The molecule has 1 N–H and O–H groups in total. The number of anilines is 1. The quantitative estimate of drug-likeness (QED) is 0.873. The van der Waals surface area contributed by atoms with E-state index in [9.17, 15) is 0 Å². The van der Waals surface area contributed by atoms with Crippen molar-refractivity contribution < 1.29 is 4.74 Å². The third-order valence-corrected chi connectivity index (χ3v) is 4.41. The molecule has 2 heteroatoms. The van der Waals surface area contributed by atoms with E-state index < -0.39 is 0 Å². The molecule has 1 aliphatic heterocycles. The fourth-order valence-electron chi connectivity index (χ4n) is 3.08. The monoisotopic (exact) mass is 245 g/mol. The van der Waals surface area contributed by atoms with Gasteiger partial charge in [0.2, 0.25) is 0 Å². The molecule has 2 aliphatic rings. The normalized spacial score (nSPS) is 26.5. The molecule has 0 unspecified atom stereocenters. The molecule has 1 aromatic rings. The molecule has 18 heavy (non-hydrogen) atoms. The molecule has 98 valence electrons. The Labute approximate surface area is 110 Å². The Balaban J connectivity index is 1.54. The third-order valence-electron chi connectivity index (χ3n) is 4.41. The summed E-state index contributed by atoms with van der Waals surface area (Å²) >= 11 is 0. The van der Waals surface area contributed by atoms with Crippen LogP contribution in [0.15, 0.2) is 18.2 Å². The van der Waals surface area contributed by atoms with Crippen molar-refractivity contribution in [2.75, 3.05) is 18.5 Å². The van der Waals surface area contributed by atoms with Crippen LogP contribution in [0.4, 0.5) is 5.69 Å². The van der Waals surface area contributed by atoms with Gasteiger partial charge in [-0.3, -0.25) is 0 Å². The molecule has 1 aromatic carbocycles. The lowest BCUT2D eigenvalue weighted by Crippen LogP contribution is -2.18. The third kappa shape index (κ3) is 2.63. The number of rotatable bonds is 3. The van der Waals surface area contributed by atoms with Crippen LogP contribution < -0.4 is 10.1 Å². The van der Waals surface area contributed by atoms with E-state index in [4.69, 9.17) is 4.74 Å². The van der Waals surface area contributed by atoms with Crippen LogP contribution in [0.2, 0.25) is 0 Å². The Morgan fingerprint density at radius 2 is 2.06 bits per heavy atom. The molecule has 0 aromatic heterocycles. The summed E-state index contributed by atoms with van der Waals surface area (Å²) in [6.07, 6.45) is 6.57. The number of hydrogen-bond acceptors (Lipinski definition) is 2. The molecule has 0 spiro atoms. The first-order chi connectivity index (χ1) is 8.81. The highest BCUT2D eigenvalue weighted by atomic mass is 16.5. The zero-order chi connectivity index (χ0) is 12.4. The summed E-state index contributed by atoms with van der Waals surface area (Å²) in [4.78, 5) is 0. The summed E-state index contributed by atoms with van der Waals surface area (Å²) in [5, 5.41) is 3.38. The standard InChI is InChI=1S/C16H23NO/c1-12-2-4-13(5-3-12)11-18-15-6-7-16-14(10-15)8-9-17-16/h6-7,10,12-13,17H,2-5,8-9,11H2,1H3. The highest BCUT2D eigenvalue weighted by molar-refractivity contribution is 5.57. The van der Waals surface area contributed by atoms with Crippen molar-refractivity contribution in [3.63, 3.8) is 0 Å². The predicted octanol–water partition coefficient (Wildman–Crippen LogP) is 3.86. The van der Waals surface area contributed by atoms with Crippen molar-refractivity contribution in [3.05, 3.63) is 23.8 Å². The van der Waals surface area contributed by atoms with Crippen molar-refractivity contribution >= 4 is 5.69 Å². The first-order valence-electron chi connectivity index (χ1n) is 7.31. The van der Waals surface area contributed by atoms with E-state index in [1.807, 2.05) is 0 Å². The van der Waals surface area contributed by atoms with Crippen LogP contribution in [0.3, 0.4) is 0 Å². The molecular formula is C16H23NO. The van der Waals surface area contributed by atoms with Gasteiger partial charge < -0.3 is 10.1 Å². The Kier molecular flexibility index (Phi) is 3.44. The van der Waals surface area contributed by atoms with Crippen LogP contribution in [-0.2, 0) is 6.42 Å². The fourth-order valence-corrected chi connectivity index (χ4v) is 3.08. The number of fused-ring (bicyclic) bond motifs is 1. The van der Waals surface area contributed by atoms with E-state index in [-0.39, 0.29) is 0 Å². The average Bonchev–Trinajstić information content (AvgIpc) is 2.85. The van der Waals surface area contributed by atoms with Crippen molar-refractivity contribution in [2.24, 2.45) is 11.8 Å². The van der Waals surface area contributed by atoms with Gasteiger partial charge in [-0.2, -0.15) is 0 Å². The number of nitrogens with one attached hydrogen (secondary N) is 1. The van der Waals surface area contributed by atoms with Crippen LogP contribution in [0.1, 0.15) is 38.2 Å². The van der Waals surface area contributed by atoms with E-state index in [1.54, 1.807) is 0 Å². The summed E-state index contributed by atoms with van der Waals surface area (Å²) in [6.45, 7) is 4.34. The van der Waals surface area contributed by atoms with E-state index >= 15 is 0 Å². The van der Waals surface area contributed by atoms with Crippen molar-refractivity contribution in [3.8, 4) is 5.75 Å². The molecule has 2 nitrogen and oxygen atoms in total. The van der Waals surface area contributed by atoms with Gasteiger partial charge in [-0.15, -0.1) is 0 Å². The predicted molar refractivity (Wildman–Crippen MR) is 75.3 cm³/mol. The smallest absolute Gasteiger partial charge is 0.119 e. The maximum absolute atomic E-state index is 5.98. The lowest BCUT2D eigenvalue weighted by molar-refractivity contribution is 0.188. The molecule has 1 aliphatic carbocycles. The molecule has 0 saturated heterocycles. The van der Waals surface area contributed by atoms with Gasteiger partial charge in [0.15, 0.2) is 0 Å². The number of ether oxygens (including phenoxy) is 1. The van der Waals surface area contributed by atoms with Crippen molar-refractivity contribution in [1.29, 1.82) is 0 Å². The molecule has 1 saturated carbocycles. The molecule has 0 amide bonds. The SMILES string of the molecule is CC1CCC(COc2ccc3c(c2)CCN3)CC1. The van der Waals surface area contributed by atoms with Gasteiger partial charge in [0, 0.05) is 12.2 Å². The number of hydrogen-bond donors (Lipinski definition) is 1. The second-order valence-electron chi connectivity index (χ2n) is 5.93. The fraction of sp³-hybridized carbons (Fsp3) is 0.625. The van der Waals surface area contributed by atoms with Crippen LogP contribution in [0, 0.1) is 11.8 Å². The lowest BCUT2D eigenvalue weighted by atomic mass is 9.83. The van der Waals surface area contributed by atoms with E-state index in [1.165, 1.54) is 36.9 Å². The zero-order valence-electron chi connectivity index (χ0n) is 11.2. The van der Waals surface area contributed by atoms with Crippen LogP contribution in [0.5, 0.6) is 5.75 Å². The minimum Gasteiger partial charge on any atom is -0.493 e. The molecule has 3 rings (SSSR count). The van der Waals surface area contributed by atoms with E-state index in [0.29, 0.717) is 0 Å². The summed E-state index contributed by atoms with van der Waals surface area (Å²) in [5.41, 5.74) is 2.69. The first-order valence-corrected chi connectivity index (χ1v) is 7.31. The average molecular weight is 245 g/mol. The zero-order valence-corrected chi connectivity index (χ0v) is 11.2. The van der Waals surface area contributed by atoms with Gasteiger partial charge in [-0.1, -0.05) is 19.8 Å². The minimum atomic E-state index is 0.771. The summed E-state index contributed by atoms with van der Waals surface area (Å²) in [7, 11) is 0. The molecular weight excluding hydrogens is 222 g/mol. The second kappa shape index (κ2) is 5.21. The second-order valence-corrected chi connectivity index (χ2v) is 5.93. The molecule has 1 fully saturated rings. The first kappa shape index (κ1) is 11.9. The lowest BCUT2D eigenvalue weighted by Gasteiger charge is -2.26. The van der Waals surface area contributed by atoms with Gasteiger partial charge in [0.1, 0.15) is 5.75 Å². The molecule has 1 heterocycles. The van der Waals surface area contributed by atoms with E-state index in [2.05, 4.69) is 30.4 Å². The van der Waals surface area contributed by atoms with Gasteiger partial charge in [-0.05, 0) is 54.9 Å². The maximum atomic E-state index is 5.98. The Bertz CT molecular complexity index is 408. The van der Waals surface area contributed by atoms with Gasteiger partial charge in [-0.25, -0.2) is 0 Å². The Morgan fingerprint density at radius 3 is 2.89 bits per heavy atom. The highest BCUT2D eigenvalue weighted by Gasteiger charge is 2.19. The van der Waals surface area contributed by atoms with E-state index in [0.717, 1.165) is 37.2 Å². The van der Waals surface area contributed by atoms with Crippen LogP contribution in [-0.4, -0.2) is 13.2 Å².